The molecule has 1 aliphatic rings. The molecule has 4 rings (SSSR count). The monoisotopic (exact) mass is 378 g/mol. The molecular formula is C22H22N2O4. The summed E-state index contributed by atoms with van der Waals surface area (Å²) in [7, 11) is 1.59. The molecule has 0 atom stereocenters. The third-order valence-corrected chi connectivity index (χ3v) is 5.32. The van der Waals surface area contributed by atoms with Gasteiger partial charge in [0.05, 0.1) is 18.1 Å². The molecule has 0 spiro atoms. The van der Waals surface area contributed by atoms with Crippen molar-refractivity contribution in [3.05, 3.63) is 66.1 Å². The van der Waals surface area contributed by atoms with Crippen LogP contribution in [0.5, 0.6) is 5.75 Å². The summed E-state index contributed by atoms with van der Waals surface area (Å²) in [6, 6.07) is 17.3. The fourth-order valence-corrected chi connectivity index (χ4v) is 3.86. The Morgan fingerprint density at radius 3 is 2.54 bits per heavy atom. The van der Waals surface area contributed by atoms with E-state index in [1.807, 2.05) is 54.6 Å². The Morgan fingerprint density at radius 2 is 1.79 bits per heavy atom. The van der Waals surface area contributed by atoms with Crippen LogP contribution < -0.4 is 4.74 Å². The first-order chi connectivity index (χ1) is 13.7. The summed E-state index contributed by atoms with van der Waals surface area (Å²) < 4.78 is 16.2. The van der Waals surface area contributed by atoms with E-state index in [2.05, 4.69) is 10.1 Å². The van der Waals surface area contributed by atoms with E-state index in [1.54, 1.807) is 7.11 Å². The molecule has 3 aromatic rings. The zero-order valence-electron chi connectivity index (χ0n) is 15.8. The van der Waals surface area contributed by atoms with Gasteiger partial charge in [0, 0.05) is 0 Å². The summed E-state index contributed by atoms with van der Waals surface area (Å²) >= 11 is 0. The number of nitrogens with zero attached hydrogens (tertiary/aromatic N) is 2. The van der Waals surface area contributed by atoms with Crippen LogP contribution in [0.3, 0.4) is 0 Å². The molecule has 6 nitrogen and oxygen atoms in total. The van der Waals surface area contributed by atoms with Gasteiger partial charge in [-0.3, -0.25) is 4.79 Å². The van der Waals surface area contributed by atoms with E-state index in [9.17, 15) is 4.79 Å². The third-order valence-electron chi connectivity index (χ3n) is 5.32. The summed E-state index contributed by atoms with van der Waals surface area (Å²) in [5, 5.41) is 3.99. The molecule has 28 heavy (non-hydrogen) atoms. The Bertz CT molecular complexity index is 946. The number of para-hydroxylation sites is 1. The smallest absolute Gasteiger partial charge is 0.317 e. The van der Waals surface area contributed by atoms with Gasteiger partial charge in [0.2, 0.25) is 5.82 Å². The second kappa shape index (κ2) is 7.84. The van der Waals surface area contributed by atoms with E-state index >= 15 is 0 Å². The van der Waals surface area contributed by atoms with E-state index < -0.39 is 5.41 Å². The van der Waals surface area contributed by atoms with Crippen molar-refractivity contribution in [2.45, 2.75) is 37.7 Å². The molecular weight excluding hydrogens is 356 g/mol. The van der Waals surface area contributed by atoms with E-state index in [0.717, 1.165) is 36.8 Å². The van der Waals surface area contributed by atoms with Crippen molar-refractivity contribution < 1.29 is 18.8 Å². The van der Waals surface area contributed by atoms with Crippen LogP contribution in [0.25, 0.3) is 11.4 Å². The van der Waals surface area contributed by atoms with Gasteiger partial charge in [0.1, 0.15) is 5.75 Å². The lowest BCUT2D eigenvalue weighted by Gasteiger charge is -2.26. The van der Waals surface area contributed by atoms with Gasteiger partial charge >= 0.3 is 5.97 Å². The van der Waals surface area contributed by atoms with Crippen LogP contribution in [0.1, 0.15) is 37.1 Å². The van der Waals surface area contributed by atoms with Crippen molar-refractivity contribution in [2.75, 3.05) is 7.11 Å². The summed E-state index contributed by atoms with van der Waals surface area (Å²) in [6.07, 6.45) is 3.63. The molecule has 1 aromatic heterocycles. The van der Waals surface area contributed by atoms with Crippen LogP contribution in [-0.4, -0.2) is 23.2 Å². The predicted molar refractivity (Wildman–Crippen MR) is 103 cm³/mol. The maximum atomic E-state index is 13.0. The van der Waals surface area contributed by atoms with E-state index in [0.29, 0.717) is 11.6 Å². The predicted octanol–water partition coefficient (Wildman–Crippen LogP) is 4.30. The first-order valence-corrected chi connectivity index (χ1v) is 9.42. The number of esters is 1. The number of rotatable bonds is 6. The van der Waals surface area contributed by atoms with E-state index in [1.165, 1.54) is 0 Å². The van der Waals surface area contributed by atoms with Gasteiger partial charge in [-0.2, -0.15) is 4.98 Å². The average Bonchev–Trinajstić information content (AvgIpc) is 3.43. The fourth-order valence-electron chi connectivity index (χ4n) is 3.86. The van der Waals surface area contributed by atoms with Crippen molar-refractivity contribution in [2.24, 2.45) is 0 Å². The number of benzene rings is 2. The quantitative estimate of drug-likeness (QED) is 0.595. The summed E-state index contributed by atoms with van der Waals surface area (Å²) in [5.74, 6) is 1.09. The summed E-state index contributed by atoms with van der Waals surface area (Å²) in [5.41, 5.74) is 1.16. The van der Waals surface area contributed by atoms with Crippen molar-refractivity contribution in [3.63, 3.8) is 0 Å². The summed E-state index contributed by atoms with van der Waals surface area (Å²) in [6.45, 7) is -0.0461. The van der Waals surface area contributed by atoms with Crippen LogP contribution in [0.4, 0.5) is 0 Å². The van der Waals surface area contributed by atoms with Crippen molar-refractivity contribution in [1.82, 2.24) is 10.1 Å². The standard InChI is InChI=1S/C22H22N2O4/c1-26-18-12-6-5-11-17(18)20-23-19(28-24-20)15-27-21(25)22(13-7-8-14-22)16-9-3-2-4-10-16/h2-6,9-12H,7-8,13-15H2,1H3. The first kappa shape index (κ1) is 18.2. The second-order valence-electron chi connectivity index (χ2n) is 6.94. The molecule has 1 aliphatic carbocycles. The first-order valence-electron chi connectivity index (χ1n) is 9.42. The van der Waals surface area contributed by atoms with Gasteiger partial charge in [-0.1, -0.05) is 60.5 Å². The molecule has 1 fully saturated rings. The van der Waals surface area contributed by atoms with Gasteiger partial charge < -0.3 is 14.0 Å². The summed E-state index contributed by atoms with van der Waals surface area (Å²) in [4.78, 5) is 17.3. The van der Waals surface area contributed by atoms with Gasteiger partial charge in [0.25, 0.3) is 5.89 Å². The zero-order chi connectivity index (χ0) is 19.4. The number of aromatic nitrogens is 2. The van der Waals surface area contributed by atoms with Gasteiger partial charge in [-0.25, -0.2) is 0 Å². The maximum Gasteiger partial charge on any atom is 0.317 e. The molecule has 1 heterocycles. The fraction of sp³-hybridized carbons (Fsp3) is 0.318. The van der Waals surface area contributed by atoms with E-state index in [-0.39, 0.29) is 18.5 Å². The van der Waals surface area contributed by atoms with Crippen LogP contribution in [0, 0.1) is 0 Å². The number of carbonyl (C=O) groups is 1. The molecule has 0 saturated heterocycles. The van der Waals surface area contributed by atoms with Crippen molar-refractivity contribution >= 4 is 5.97 Å². The Labute approximate surface area is 163 Å². The molecule has 2 aromatic carbocycles. The Balaban J connectivity index is 1.49. The Kier molecular flexibility index (Phi) is 5.10. The number of methoxy groups -OCH3 is 1. The SMILES string of the molecule is COc1ccccc1-c1noc(COC(=O)C2(c3ccccc3)CCCC2)n1. The highest BCUT2D eigenvalue weighted by Gasteiger charge is 2.44. The van der Waals surface area contributed by atoms with Crippen LogP contribution in [-0.2, 0) is 21.6 Å². The Morgan fingerprint density at radius 1 is 1.07 bits per heavy atom. The molecule has 0 aliphatic heterocycles. The molecule has 144 valence electrons. The molecule has 1 saturated carbocycles. The minimum absolute atomic E-state index is 0.0461. The van der Waals surface area contributed by atoms with Crippen LogP contribution >= 0.6 is 0 Å². The highest BCUT2D eigenvalue weighted by Crippen LogP contribution is 2.42. The average molecular weight is 378 g/mol. The minimum atomic E-state index is -0.577. The molecule has 6 heteroatoms. The van der Waals surface area contributed by atoms with Crippen LogP contribution in [0.2, 0.25) is 0 Å². The lowest BCUT2D eigenvalue weighted by Crippen LogP contribution is -2.34. The normalized spacial score (nSPS) is 15.3. The highest BCUT2D eigenvalue weighted by atomic mass is 16.6. The number of ether oxygens (including phenoxy) is 2. The number of carbonyl (C=O) groups excluding carboxylic acids is 1. The van der Waals surface area contributed by atoms with Crippen LogP contribution in [0.15, 0.2) is 59.1 Å². The van der Waals surface area contributed by atoms with Crippen molar-refractivity contribution in [1.29, 1.82) is 0 Å². The van der Waals surface area contributed by atoms with Crippen molar-refractivity contribution in [3.8, 4) is 17.1 Å². The lowest BCUT2D eigenvalue weighted by molar-refractivity contribution is -0.152. The largest absolute Gasteiger partial charge is 0.496 e. The third kappa shape index (κ3) is 3.38. The molecule has 0 radical (unpaired) electrons. The topological polar surface area (TPSA) is 74.5 Å². The number of hydrogen-bond donors (Lipinski definition) is 0. The highest BCUT2D eigenvalue weighted by molar-refractivity contribution is 5.83. The van der Waals surface area contributed by atoms with Gasteiger partial charge in [-0.05, 0) is 30.5 Å². The van der Waals surface area contributed by atoms with E-state index in [4.69, 9.17) is 14.0 Å². The maximum absolute atomic E-state index is 13.0. The lowest BCUT2D eigenvalue weighted by atomic mass is 9.79. The number of hydrogen-bond acceptors (Lipinski definition) is 6. The molecule has 0 unspecified atom stereocenters. The van der Waals surface area contributed by atoms with Gasteiger partial charge in [0.15, 0.2) is 6.61 Å². The molecule has 0 N–H and O–H groups in total. The minimum Gasteiger partial charge on any atom is -0.496 e. The Hall–Kier alpha value is -3.15. The zero-order valence-corrected chi connectivity index (χ0v) is 15.8. The second-order valence-corrected chi connectivity index (χ2v) is 6.94. The molecule has 0 bridgehead atoms. The molecule has 0 amide bonds. The van der Waals surface area contributed by atoms with Gasteiger partial charge in [-0.15, -0.1) is 0 Å².